The van der Waals surface area contributed by atoms with Gasteiger partial charge in [0, 0.05) is 37.5 Å². The summed E-state index contributed by atoms with van der Waals surface area (Å²) in [5.74, 6) is 1.11. The zero-order valence-corrected chi connectivity index (χ0v) is 15.0. The van der Waals surface area contributed by atoms with Gasteiger partial charge in [0.15, 0.2) is 0 Å². The van der Waals surface area contributed by atoms with Crippen molar-refractivity contribution < 1.29 is 14.3 Å². The molecule has 0 unspecified atom stereocenters. The summed E-state index contributed by atoms with van der Waals surface area (Å²) in [6.45, 7) is 1.19. The van der Waals surface area contributed by atoms with Gasteiger partial charge in [-0.25, -0.2) is 0 Å². The highest BCUT2D eigenvalue weighted by atomic mass is 16.5. The maximum absolute atomic E-state index is 12.2. The Kier molecular flexibility index (Phi) is 5.89. The molecule has 1 aliphatic rings. The molecule has 1 atom stereocenters. The number of hydrogen-bond donors (Lipinski definition) is 1. The van der Waals surface area contributed by atoms with Gasteiger partial charge in [-0.05, 0) is 36.2 Å². The van der Waals surface area contributed by atoms with Gasteiger partial charge in [0.2, 0.25) is 11.8 Å². The molecule has 5 nitrogen and oxygen atoms in total. The molecule has 5 heteroatoms. The van der Waals surface area contributed by atoms with Crippen LogP contribution in [-0.2, 0) is 16.0 Å². The van der Waals surface area contributed by atoms with E-state index >= 15 is 0 Å². The largest absolute Gasteiger partial charge is 0.497 e. The second-order valence-corrected chi connectivity index (χ2v) is 6.56. The van der Waals surface area contributed by atoms with Crippen LogP contribution in [0, 0.1) is 5.92 Å². The number of anilines is 1. The van der Waals surface area contributed by atoms with Gasteiger partial charge in [-0.15, -0.1) is 0 Å². The SMILES string of the molecule is COc1ccc(CCC(=O)NC[C@@H]2CC(=O)N(c3ccccc3)C2)cc1. The summed E-state index contributed by atoms with van der Waals surface area (Å²) in [4.78, 5) is 26.1. The molecule has 3 rings (SSSR count). The van der Waals surface area contributed by atoms with E-state index in [9.17, 15) is 9.59 Å². The van der Waals surface area contributed by atoms with E-state index in [-0.39, 0.29) is 17.7 Å². The fraction of sp³-hybridized carbons (Fsp3) is 0.333. The van der Waals surface area contributed by atoms with Crippen molar-refractivity contribution in [1.29, 1.82) is 0 Å². The van der Waals surface area contributed by atoms with E-state index in [1.54, 1.807) is 12.0 Å². The summed E-state index contributed by atoms with van der Waals surface area (Å²) >= 11 is 0. The molecule has 1 heterocycles. The first-order valence-electron chi connectivity index (χ1n) is 8.91. The topological polar surface area (TPSA) is 58.6 Å². The molecule has 1 saturated heterocycles. The first kappa shape index (κ1) is 18.0. The van der Waals surface area contributed by atoms with Crippen LogP contribution in [0.2, 0.25) is 0 Å². The number of nitrogens with one attached hydrogen (secondary N) is 1. The van der Waals surface area contributed by atoms with E-state index in [0.717, 1.165) is 17.0 Å². The average molecular weight is 352 g/mol. The second kappa shape index (κ2) is 8.52. The molecule has 0 radical (unpaired) electrons. The van der Waals surface area contributed by atoms with Gasteiger partial charge in [0.25, 0.3) is 0 Å². The zero-order chi connectivity index (χ0) is 18.4. The predicted molar refractivity (Wildman–Crippen MR) is 101 cm³/mol. The highest BCUT2D eigenvalue weighted by Gasteiger charge is 2.30. The number of carbonyl (C=O) groups is 2. The minimum absolute atomic E-state index is 0.0198. The molecular formula is C21H24N2O3. The van der Waals surface area contributed by atoms with Crippen LogP contribution in [0.3, 0.4) is 0 Å². The molecule has 0 aliphatic carbocycles. The Labute approximate surface area is 154 Å². The maximum Gasteiger partial charge on any atom is 0.227 e. The van der Waals surface area contributed by atoms with Crippen LogP contribution in [0.5, 0.6) is 5.75 Å². The van der Waals surface area contributed by atoms with Gasteiger partial charge in [0.05, 0.1) is 7.11 Å². The molecule has 0 spiro atoms. The van der Waals surface area contributed by atoms with Crippen molar-refractivity contribution in [1.82, 2.24) is 5.32 Å². The van der Waals surface area contributed by atoms with Crippen LogP contribution in [-0.4, -0.2) is 32.0 Å². The van der Waals surface area contributed by atoms with Gasteiger partial charge in [0.1, 0.15) is 5.75 Å². The summed E-state index contributed by atoms with van der Waals surface area (Å²) < 4.78 is 5.13. The number of hydrogen-bond acceptors (Lipinski definition) is 3. The highest BCUT2D eigenvalue weighted by molar-refractivity contribution is 5.95. The number of methoxy groups -OCH3 is 1. The Morgan fingerprint density at radius 3 is 2.58 bits per heavy atom. The van der Waals surface area contributed by atoms with Gasteiger partial charge in [-0.2, -0.15) is 0 Å². The van der Waals surface area contributed by atoms with E-state index in [4.69, 9.17) is 4.74 Å². The number of benzene rings is 2. The number of aryl methyl sites for hydroxylation is 1. The van der Waals surface area contributed by atoms with E-state index in [1.165, 1.54) is 0 Å². The lowest BCUT2D eigenvalue weighted by molar-refractivity contribution is -0.121. The van der Waals surface area contributed by atoms with Crippen LogP contribution < -0.4 is 15.0 Å². The normalized spacial score (nSPS) is 16.6. The van der Waals surface area contributed by atoms with Crippen molar-refractivity contribution in [3.8, 4) is 5.75 Å². The number of nitrogens with zero attached hydrogens (tertiary/aromatic N) is 1. The molecule has 2 aromatic rings. The summed E-state index contributed by atoms with van der Waals surface area (Å²) in [6, 6.07) is 17.4. The molecule has 0 aromatic heterocycles. The van der Waals surface area contributed by atoms with Crippen LogP contribution in [0.25, 0.3) is 0 Å². The molecule has 26 heavy (non-hydrogen) atoms. The monoisotopic (exact) mass is 352 g/mol. The molecular weight excluding hydrogens is 328 g/mol. The molecule has 2 aromatic carbocycles. The van der Waals surface area contributed by atoms with E-state index in [2.05, 4.69) is 5.32 Å². The second-order valence-electron chi connectivity index (χ2n) is 6.56. The lowest BCUT2D eigenvalue weighted by Crippen LogP contribution is -2.31. The predicted octanol–water partition coefficient (Wildman–Crippen LogP) is 2.80. The lowest BCUT2D eigenvalue weighted by atomic mass is 10.1. The number of rotatable bonds is 7. The number of amides is 2. The van der Waals surface area contributed by atoms with Crippen molar-refractivity contribution in [3.05, 3.63) is 60.2 Å². The van der Waals surface area contributed by atoms with E-state index in [1.807, 2.05) is 54.6 Å². The zero-order valence-electron chi connectivity index (χ0n) is 15.0. The van der Waals surface area contributed by atoms with Crippen LogP contribution in [0.15, 0.2) is 54.6 Å². The van der Waals surface area contributed by atoms with Gasteiger partial charge >= 0.3 is 0 Å². The minimum atomic E-state index is 0.0198. The third-order valence-electron chi connectivity index (χ3n) is 4.66. The maximum atomic E-state index is 12.2. The first-order valence-corrected chi connectivity index (χ1v) is 8.91. The molecule has 136 valence electrons. The Balaban J connectivity index is 1.42. The van der Waals surface area contributed by atoms with Crippen molar-refractivity contribution in [2.24, 2.45) is 5.92 Å². The third-order valence-corrected chi connectivity index (χ3v) is 4.66. The molecule has 0 saturated carbocycles. The number of carbonyl (C=O) groups excluding carboxylic acids is 2. The smallest absolute Gasteiger partial charge is 0.227 e. The van der Waals surface area contributed by atoms with Crippen LogP contribution >= 0.6 is 0 Å². The van der Waals surface area contributed by atoms with Gasteiger partial charge in [-0.1, -0.05) is 30.3 Å². The molecule has 0 bridgehead atoms. The third kappa shape index (κ3) is 4.63. The van der Waals surface area contributed by atoms with Crippen molar-refractivity contribution in [2.45, 2.75) is 19.3 Å². The minimum Gasteiger partial charge on any atom is -0.497 e. The van der Waals surface area contributed by atoms with Crippen molar-refractivity contribution in [3.63, 3.8) is 0 Å². The Bertz CT molecular complexity index is 744. The van der Waals surface area contributed by atoms with Crippen LogP contribution in [0.1, 0.15) is 18.4 Å². The summed E-state index contributed by atoms with van der Waals surface area (Å²) in [6.07, 6.45) is 1.61. The number of para-hydroxylation sites is 1. The summed E-state index contributed by atoms with van der Waals surface area (Å²) in [7, 11) is 1.63. The lowest BCUT2D eigenvalue weighted by Gasteiger charge is -2.16. The number of ether oxygens (including phenoxy) is 1. The first-order chi connectivity index (χ1) is 12.7. The molecule has 1 fully saturated rings. The summed E-state index contributed by atoms with van der Waals surface area (Å²) in [5, 5.41) is 2.97. The van der Waals surface area contributed by atoms with E-state index in [0.29, 0.717) is 32.4 Å². The van der Waals surface area contributed by atoms with E-state index < -0.39 is 0 Å². The molecule has 1 aliphatic heterocycles. The average Bonchev–Trinajstić information content (AvgIpc) is 3.06. The Hall–Kier alpha value is -2.82. The quantitative estimate of drug-likeness (QED) is 0.834. The molecule has 1 N–H and O–H groups in total. The standard InChI is InChI=1S/C21H24N2O3/c1-26-19-10-7-16(8-11-19)9-12-20(24)22-14-17-13-21(25)23(15-17)18-5-3-2-4-6-18/h2-8,10-11,17H,9,12-15H2,1H3,(H,22,24)/t17-/m0/s1. The molecule has 2 amide bonds. The fourth-order valence-electron chi connectivity index (χ4n) is 3.17. The van der Waals surface area contributed by atoms with Gasteiger partial charge in [-0.3, -0.25) is 9.59 Å². The van der Waals surface area contributed by atoms with Gasteiger partial charge < -0.3 is 15.0 Å². The Morgan fingerprint density at radius 1 is 1.15 bits per heavy atom. The Morgan fingerprint density at radius 2 is 1.88 bits per heavy atom. The summed E-state index contributed by atoms with van der Waals surface area (Å²) in [5.41, 5.74) is 2.03. The van der Waals surface area contributed by atoms with Crippen LogP contribution in [0.4, 0.5) is 5.69 Å². The fourth-order valence-corrected chi connectivity index (χ4v) is 3.17. The van der Waals surface area contributed by atoms with Crippen molar-refractivity contribution >= 4 is 17.5 Å². The van der Waals surface area contributed by atoms with Crippen molar-refractivity contribution in [2.75, 3.05) is 25.1 Å². The highest BCUT2D eigenvalue weighted by Crippen LogP contribution is 2.24.